The fourth-order valence-electron chi connectivity index (χ4n) is 6.23. The van der Waals surface area contributed by atoms with Crippen LogP contribution in [0.15, 0.2) is 150 Å². The van der Waals surface area contributed by atoms with Gasteiger partial charge in [0, 0.05) is 38.2 Å². The highest BCUT2D eigenvalue weighted by atomic mass is 16.3. The van der Waals surface area contributed by atoms with Gasteiger partial charge < -0.3 is 4.42 Å². The van der Waals surface area contributed by atoms with Crippen molar-refractivity contribution in [1.29, 1.82) is 0 Å². The Bertz CT molecular complexity index is 2440. The molecule has 0 amide bonds. The number of hydrogen-bond acceptors (Lipinski definition) is 4. The first-order chi connectivity index (χ1) is 21.8. The highest BCUT2D eigenvalue weighted by molar-refractivity contribution is 6.13. The molecule has 5 heteroatoms. The van der Waals surface area contributed by atoms with Gasteiger partial charge in [0.05, 0.1) is 11.0 Å². The predicted molar refractivity (Wildman–Crippen MR) is 178 cm³/mol. The van der Waals surface area contributed by atoms with Crippen LogP contribution < -0.4 is 0 Å². The Morgan fingerprint density at radius 3 is 1.80 bits per heavy atom. The van der Waals surface area contributed by atoms with Crippen molar-refractivity contribution in [3.05, 3.63) is 146 Å². The summed E-state index contributed by atoms with van der Waals surface area (Å²) < 4.78 is 8.54. The summed E-state index contributed by atoms with van der Waals surface area (Å²) >= 11 is 0. The molecule has 5 nitrogen and oxygen atoms in total. The van der Waals surface area contributed by atoms with Crippen molar-refractivity contribution in [1.82, 2.24) is 19.5 Å². The Balaban J connectivity index is 1.30. The Kier molecular flexibility index (Phi) is 5.43. The molecule has 6 aromatic carbocycles. The number of para-hydroxylation sites is 3. The summed E-state index contributed by atoms with van der Waals surface area (Å²) in [6.45, 7) is 0. The molecule has 0 aliphatic carbocycles. The molecule has 0 aliphatic rings. The van der Waals surface area contributed by atoms with Gasteiger partial charge in [0.1, 0.15) is 11.2 Å². The maximum absolute atomic E-state index is 6.39. The fourth-order valence-corrected chi connectivity index (χ4v) is 6.23. The third-order valence-electron chi connectivity index (χ3n) is 8.28. The molecule has 3 heterocycles. The molecule has 0 bridgehead atoms. The Hall–Kier alpha value is -6.07. The largest absolute Gasteiger partial charge is 0.455 e. The lowest BCUT2D eigenvalue weighted by Crippen LogP contribution is -2.06. The SMILES string of the molecule is c1ccc(-c2nc(-c3ccccc3)nc(-n3c4ccccc4c4cc(-c5cccc6c5oc5ccccc56)ccc43)n2)cc1. The molecule has 0 atom stereocenters. The number of hydrogen-bond donors (Lipinski definition) is 0. The summed E-state index contributed by atoms with van der Waals surface area (Å²) in [7, 11) is 0. The Morgan fingerprint density at radius 2 is 1.05 bits per heavy atom. The summed E-state index contributed by atoms with van der Waals surface area (Å²) in [6, 6.07) is 49.7. The summed E-state index contributed by atoms with van der Waals surface area (Å²) in [4.78, 5) is 15.0. The average Bonchev–Trinajstić information content (AvgIpc) is 3.64. The minimum Gasteiger partial charge on any atom is -0.455 e. The normalized spacial score (nSPS) is 11.6. The van der Waals surface area contributed by atoms with Crippen LogP contribution in [0.1, 0.15) is 0 Å². The predicted octanol–water partition coefficient (Wildman–Crippen LogP) is 9.87. The van der Waals surface area contributed by atoms with Crippen LogP contribution in [0.5, 0.6) is 0 Å². The third kappa shape index (κ3) is 3.83. The molecule has 0 spiro atoms. The van der Waals surface area contributed by atoms with Crippen LogP contribution in [0.4, 0.5) is 0 Å². The number of benzene rings is 6. The molecule has 9 rings (SSSR count). The van der Waals surface area contributed by atoms with E-state index < -0.39 is 0 Å². The van der Waals surface area contributed by atoms with Crippen LogP contribution >= 0.6 is 0 Å². The molecular weight excluding hydrogens is 540 g/mol. The van der Waals surface area contributed by atoms with E-state index in [1.165, 1.54) is 0 Å². The van der Waals surface area contributed by atoms with Crippen LogP contribution in [0.2, 0.25) is 0 Å². The third-order valence-corrected chi connectivity index (χ3v) is 8.28. The average molecular weight is 565 g/mol. The Morgan fingerprint density at radius 1 is 0.432 bits per heavy atom. The molecule has 0 aliphatic heterocycles. The second-order valence-corrected chi connectivity index (χ2v) is 10.9. The first-order valence-electron chi connectivity index (χ1n) is 14.6. The molecule has 0 saturated heterocycles. The van der Waals surface area contributed by atoms with E-state index in [0.29, 0.717) is 17.6 Å². The molecular formula is C39H24N4O. The van der Waals surface area contributed by atoms with Gasteiger partial charge in [-0.25, -0.2) is 4.98 Å². The van der Waals surface area contributed by atoms with Gasteiger partial charge in [-0.05, 0) is 29.8 Å². The second-order valence-electron chi connectivity index (χ2n) is 10.9. The lowest BCUT2D eigenvalue weighted by Gasteiger charge is -2.11. The van der Waals surface area contributed by atoms with E-state index in [9.17, 15) is 0 Å². The molecule has 44 heavy (non-hydrogen) atoms. The van der Waals surface area contributed by atoms with Gasteiger partial charge in [0.2, 0.25) is 5.95 Å². The second kappa shape index (κ2) is 9.75. The highest BCUT2D eigenvalue weighted by Crippen LogP contribution is 2.39. The maximum atomic E-state index is 6.39. The number of rotatable bonds is 4. The van der Waals surface area contributed by atoms with Gasteiger partial charge in [-0.1, -0.05) is 121 Å². The summed E-state index contributed by atoms with van der Waals surface area (Å²) in [5.41, 5.74) is 7.89. The topological polar surface area (TPSA) is 56.7 Å². The molecule has 0 radical (unpaired) electrons. The number of aromatic nitrogens is 4. The molecule has 0 fully saturated rings. The van der Waals surface area contributed by atoms with Crippen molar-refractivity contribution in [2.75, 3.05) is 0 Å². The lowest BCUT2D eigenvalue weighted by atomic mass is 10.0. The summed E-state index contributed by atoms with van der Waals surface area (Å²) in [6.07, 6.45) is 0. The minimum absolute atomic E-state index is 0.580. The van der Waals surface area contributed by atoms with Crippen LogP contribution in [0.3, 0.4) is 0 Å². The van der Waals surface area contributed by atoms with Gasteiger partial charge in [0.25, 0.3) is 0 Å². The summed E-state index contributed by atoms with van der Waals surface area (Å²) in [5.74, 6) is 1.85. The van der Waals surface area contributed by atoms with Crippen molar-refractivity contribution < 1.29 is 4.42 Å². The zero-order valence-corrected chi connectivity index (χ0v) is 23.6. The molecule has 9 aromatic rings. The van der Waals surface area contributed by atoms with Gasteiger partial charge >= 0.3 is 0 Å². The molecule has 0 unspecified atom stereocenters. The van der Waals surface area contributed by atoms with E-state index in [-0.39, 0.29) is 0 Å². The highest BCUT2D eigenvalue weighted by Gasteiger charge is 2.19. The van der Waals surface area contributed by atoms with E-state index in [2.05, 4.69) is 77.4 Å². The number of furan rings is 1. The van der Waals surface area contributed by atoms with Crippen molar-refractivity contribution >= 4 is 43.7 Å². The molecule has 0 N–H and O–H groups in total. The summed E-state index contributed by atoms with van der Waals surface area (Å²) in [5, 5.41) is 4.49. The van der Waals surface area contributed by atoms with Gasteiger partial charge in [-0.3, -0.25) is 4.57 Å². The van der Waals surface area contributed by atoms with Crippen LogP contribution in [0.25, 0.3) is 83.6 Å². The lowest BCUT2D eigenvalue weighted by molar-refractivity contribution is 0.670. The fraction of sp³-hybridized carbons (Fsp3) is 0. The van der Waals surface area contributed by atoms with E-state index in [1.54, 1.807) is 0 Å². The van der Waals surface area contributed by atoms with Crippen LogP contribution in [-0.2, 0) is 0 Å². The monoisotopic (exact) mass is 564 g/mol. The number of nitrogens with zero attached hydrogens (tertiary/aromatic N) is 4. The quantitative estimate of drug-likeness (QED) is 0.213. The van der Waals surface area contributed by atoms with Gasteiger partial charge in [-0.15, -0.1) is 0 Å². The van der Waals surface area contributed by atoms with Crippen molar-refractivity contribution in [3.63, 3.8) is 0 Å². The minimum atomic E-state index is 0.580. The van der Waals surface area contributed by atoms with Gasteiger partial charge in [0.15, 0.2) is 11.6 Å². The van der Waals surface area contributed by atoms with E-state index in [1.807, 2.05) is 72.8 Å². The standard InChI is InChI=1S/C39H24N4O/c1-3-12-25(13-4-1)37-40-38(26-14-5-2-6-15-26)42-39(41-37)43-33-20-9-7-16-29(33)32-24-27(22-23-34(32)43)28-18-11-19-31-30-17-8-10-21-35(30)44-36(28)31/h1-24H. The molecule has 0 saturated carbocycles. The van der Waals surface area contributed by atoms with Crippen molar-refractivity contribution in [2.45, 2.75) is 0 Å². The molecule has 3 aromatic heterocycles. The van der Waals surface area contributed by atoms with E-state index in [0.717, 1.165) is 66.0 Å². The molecule has 206 valence electrons. The van der Waals surface area contributed by atoms with E-state index in [4.69, 9.17) is 19.4 Å². The van der Waals surface area contributed by atoms with Crippen LogP contribution in [0, 0.1) is 0 Å². The van der Waals surface area contributed by atoms with Crippen LogP contribution in [-0.4, -0.2) is 19.5 Å². The zero-order chi connectivity index (χ0) is 29.0. The first-order valence-corrected chi connectivity index (χ1v) is 14.6. The van der Waals surface area contributed by atoms with E-state index >= 15 is 0 Å². The first kappa shape index (κ1) is 24.5. The van der Waals surface area contributed by atoms with Crippen molar-refractivity contribution in [2.24, 2.45) is 0 Å². The zero-order valence-electron chi connectivity index (χ0n) is 23.6. The number of fused-ring (bicyclic) bond motifs is 6. The maximum Gasteiger partial charge on any atom is 0.238 e. The van der Waals surface area contributed by atoms with Crippen molar-refractivity contribution in [3.8, 4) is 39.9 Å². The smallest absolute Gasteiger partial charge is 0.238 e. The van der Waals surface area contributed by atoms with Gasteiger partial charge in [-0.2, -0.15) is 9.97 Å². The Labute approximate surface area is 252 Å².